The molecule has 4 rings (SSSR count). The molecular formula is C27H31NO4S. The summed E-state index contributed by atoms with van der Waals surface area (Å²) in [6, 6.07) is 18.0. The molecule has 0 atom stereocenters. The lowest BCUT2D eigenvalue weighted by atomic mass is 10.1. The first-order chi connectivity index (χ1) is 16.2. The van der Waals surface area contributed by atoms with Crippen molar-refractivity contribution in [3.8, 4) is 17.2 Å². The van der Waals surface area contributed by atoms with Crippen LogP contribution in [0.25, 0.3) is 0 Å². The summed E-state index contributed by atoms with van der Waals surface area (Å²) in [5.74, 6) is 1.86. The third kappa shape index (κ3) is 5.69. The number of hydrogen-bond acceptors (Lipinski definition) is 5. The average molecular weight is 466 g/mol. The molecule has 1 amide bonds. The van der Waals surface area contributed by atoms with Crippen LogP contribution in [0, 0.1) is 0 Å². The minimum atomic E-state index is -0.0262. The highest BCUT2D eigenvalue weighted by atomic mass is 32.1. The number of para-hydroxylation sites is 1. The van der Waals surface area contributed by atoms with E-state index in [1.54, 1.807) is 25.6 Å². The van der Waals surface area contributed by atoms with Crippen LogP contribution in [-0.2, 0) is 13.0 Å². The number of thiophene rings is 1. The van der Waals surface area contributed by atoms with Crippen molar-refractivity contribution in [3.05, 3.63) is 76.0 Å². The van der Waals surface area contributed by atoms with Gasteiger partial charge in [0, 0.05) is 23.9 Å². The van der Waals surface area contributed by atoms with Gasteiger partial charge in [-0.15, -0.1) is 11.3 Å². The molecule has 1 heterocycles. The second kappa shape index (κ2) is 11.2. The minimum Gasteiger partial charge on any atom is -0.493 e. The number of amides is 1. The molecular weight excluding hydrogens is 434 g/mol. The summed E-state index contributed by atoms with van der Waals surface area (Å²) in [6.45, 7) is 1.17. The third-order valence-corrected chi connectivity index (χ3v) is 7.04. The normalized spacial score (nSPS) is 13.6. The Hall–Kier alpha value is -2.99. The largest absolute Gasteiger partial charge is 0.493 e. The fourth-order valence-electron chi connectivity index (χ4n) is 4.45. The molecule has 0 saturated heterocycles. The van der Waals surface area contributed by atoms with E-state index in [4.69, 9.17) is 14.2 Å². The van der Waals surface area contributed by atoms with Gasteiger partial charge in [-0.25, -0.2) is 0 Å². The third-order valence-electron chi connectivity index (χ3n) is 6.11. The highest BCUT2D eigenvalue weighted by Gasteiger charge is 2.30. The summed E-state index contributed by atoms with van der Waals surface area (Å²) < 4.78 is 17.0. The van der Waals surface area contributed by atoms with E-state index in [9.17, 15) is 4.79 Å². The Morgan fingerprint density at radius 1 is 1.03 bits per heavy atom. The predicted molar refractivity (Wildman–Crippen MR) is 132 cm³/mol. The fourth-order valence-corrected chi connectivity index (χ4v) is 5.14. The maximum Gasteiger partial charge on any atom is 0.258 e. The molecule has 2 aromatic carbocycles. The molecule has 1 fully saturated rings. The quantitative estimate of drug-likeness (QED) is 0.370. The van der Waals surface area contributed by atoms with Crippen molar-refractivity contribution in [2.75, 3.05) is 20.8 Å². The first-order valence-corrected chi connectivity index (χ1v) is 12.3. The molecule has 1 aliphatic rings. The monoisotopic (exact) mass is 465 g/mol. The van der Waals surface area contributed by atoms with E-state index in [0.29, 0.717) is 30.2 Å². The molecule has 0 N–H and O–H groups in total. The van der Waals surface area contributed by atoms with Gasteiger partial charge in [-0.2, -0.15) is 0 Å². The SMILES string of the molecule is COc1cccc(C(=O)N(Cc2cccc(OCCc3cccs3)c2)C2CCCC2)c1OC. The second-order valence-electron chi connectivity index (χ2n) is 8.24. The summed E-state index contributed by atoms with van der Waals surface area (Å²) in [5.41, 5.74) is 1.60. The van der Waals surface area contributed by atoms with E-state index in [1.165, 1.54) is 4.88 Å². The van der Waals surface area contributed by atoms with Crippen LogP contribution < -0.4 is 14.2 Å². The van der Waals surface area contributed by atoms with Gasteiger partial charge in [0.2, 0.25) is 0 Å². The van der Waals surface area contributed by atoms with Crippen molar-refractivity contribution >= 4 is 17.2 Å². The van der Waals surface area contributed by atoms with Crippen LogP contribution in [-0.4, -0.2) is 37.7 Å². The lowest BCUT2D eigenvalue weighted by Gasteiger charge is -2.30. The molecule has 0 bridgehead atoms. The molecule has 5 nitrogen and oxygen atoms in total. The van der Waals surface area contributed by atoms with Crippen molar-refractivity contribution in [2.45, 2.75) is 44.7 Å². The zero-order chi connectivity index (χ0) is 23.0. The predicted octanol–water partition coefficient (Wildman–Crippen LogP) is 5.97. The molecule has 0 radical (unpaired) electrons. The van der Waals surface area contributed by atoms with Crippen molar-refractivity contribution in [2.24, 2.45) is 0 Å². The van der Waals surface area contributed by atoms with Gasteiger partial charge in [0.15, 0.2) is 11.5 Å². The molecule has 1 aromatic heterocycles. The van der Waals surface area contributed by atoms with E-state index < -0.39 is 0 Å². The van der Waals surface area contributed by atoms with Crippen molar-refractivity contribution < 1.29 is 19.0 Å². The van der Waals surface area contributed by atoms with Crippen LogP contribution in [0.2, 0.25) is 0 Å². The topological polar surface area (TPSA) is 48.0 Å². The maximum absolute atomic E-state index is 13.7. The van der Waals surface area contributed by atoms with E-state index in [-0.39, 0.29) is 11.9 Å². The van der Waals surface area contributed by atoms with Crippen molar-refractivity contribution in [1.29, 1.82) is 0 Å². The van der Waals surface area contributed by atoms with Crippen LogP contribution >= 0.6 is 11.3 Å². The Balaban J connectivity index is 1.52. The Morgan fingerprint density at radius 3 is 2.58 bits per heavy atom. The Morgan fingerprint density at radius 2 is 1.85 bits per heavy atom. The van der Waals surface area contributed by atoms with Gasteiger partial charge in [-0.1, -0.05) is 37.1 Å². The van der Waals surface area contributed by atoms with Gasteiger partial charge in [0.1, 0.15) is 5.75 Å². The molecule has 3 aromatic rings. The number of carbonyl (C=O) groups excluding carboxylic acids is 1. The number of benzene rings is 2. The van der Waals surface area contributed by atoms with Gasteiger partial charge in [-0.05, 0) is 54.1 Å². The van der Waals surface area contributed by atoms with Crippen LogP contribution in [0.5, 0.6) is 17.2 Å². The molecule has 1 saturated carbocycles. The zero-order valence-electron chi connectivity index (χ0n) is 19.3. The van der Waals surface area contributed by atoms with Gasteiger partial charge >= 0.3 is 0 Å². The molecule has 0 aliphatic heterocycles. The molecule has 174 valence electrons. The second-order valence-corrected chi connectivity index (χ2v) is 9.27. The molecule has 33 heavy (non-hydrogen) atoms. The Kier molecular flexibility index (Phi) is 7.89. The lowest BCUT2D eigenvalue weighted by Crippen LogP contribution is -2.38. The van der Waals surface area contributed by atoms with Gasteiger partial charge in [-0.3, -0.25) is 4.79 Å². The lowest BCUT2D eigenvalue weighted by molar-refractivity contribution is 0.0660. The Labute approximate surface area is 199 Å². The standard InChI is InChI=1S/C27H31NO4S/c1-30-25-14-6-13-24(26(25)31-2)27(29)28(21-9-3-4-10-21)19-20-8-5-11-22(18-20)32-16-15-23-12-7-17-33-23/h5-8,11-14,17-18,21H,3-4,9-10,15-16,19H2,1-2H3. The fraction of sp³-hybridized carbons (Fsp3) is 0.370. The summed E-state index contributed by atoms with van der Waals surface area (Å²) in [7, 11) is 3.16. The smallest absolute Gasteiger partial charge is 0.258 e. The van der Waals surface area contributed by atoms with E-state index >= 15 is 0 Å². The molecule has 0 unspecified atom stereocenters. The first-order valence-electron chi connectivity index (χ1n) is 11.5. The van der Waals surface area contributed by atoms with Crippen LogP contribution in [0.15, 0.2) is 60.0 Å². The highest BCUT2D eigenvalue weighted by molar-refractivity contribution is 7.09. The van der Waals surface area contributed by atoms with E-state index in [1.807, 2.05) is 41.3 Å². The summed E-state index contributed by atoms with van der Waals surface area (Å²) >= 11 is 1.75. The number of ether oxygens (including phenoxy) is 3. The number of nitrogens with zero attached hydrogens (tertiary/aromatic N) is 1. The van der Waals surface area contributed by atoms with Crippen LogP contribution in [0.3, 0.4) is 0 Å². The van der Waals surface area contributed by atoms with E-state index in [2.05, 4.69) is 23.6 Å². The van der Waals surface area contributed by atoms with Gasteiger partial charge in [0.25, 0.3) is 5.91 Å². The molecule has 1 aliphatic carbocycles. The van der Waals surface area contributed by atoms with Crippen molar-refractivity contribution in [3.63, 3.8) is 0 Å². The average Bonchev–Trinajstić information content (AvgIpc) is 3.56. The highest BCUT2D eigenvalue weighted by Crippen LogP contribution is 2.34. The zero-order valence-corrected chi connectivity index (χ0v) is 20.1. The Bertz CT molecular complexity index is 1040. The summed E-state index contributed by atoms with van der Waals surface area (Å²) in [5, 5.41) is 2.09. The number of rotatable bonds is 10. The summed E-state index contributed by atoms with van der Waals surface area (Å²) in [4.78, 5) is 17.0. The van der Waals surface area contributed by atoms with E-state index in [0.717, 1.165) is 43.4 Å². The molecule has 6 heteroatoms. The number of methoxy groups -OCH3 is 2. The van der Waals surface area contributed by atoms with Crippen LogP contribution in [0.4, 0.5) is 0 Å². The summed E-state index contributed by atoms with van der Waals surface area (Å²) in [6.07, 6.45) is 5.24. The minimum absolute atomic E-state index is 0.0262. The van der Waals surface area contributed by atoms with Gasteiger partial charge in [0.05, 0.1) is 26.4 Å². The maximum atomic E-state index is 13.7. The number of carbonyl (C=O) groups is 1. The molecule has 0 spiro atoms. The van der Waals surface area contributed by atoms with Crippen LogP contribution in [0.1, 0.15) is 46.5 Å². The first kappa shape index (κ1) is 23.2. The van der Waals surface area contributed by atoms with Crippen molar-refractivity contribution in [1.82, 2.24) is 4.90 Å². The van der Waals surface area contributed by atoms with Gasteiger partial charge < -0.3 is 19.1 Å². The number of hydrogen-bond donors (Lipinski definition) is 0.